The third-order valence-electron chi connectivity index (χ3n) is 8.99. The highest BCUT2D eigenvalue weighted by molar-refractivity contribution is 6.07. The van der Waals surface area contributed by atoms with E-state index >= 15 is 0 Å². The molecule has 0 bridgehead atoms. The summed E-state index contributed by atoms with van der Waals surface area (Å²) in [5.41, 5.74) is 6.28. The Morgan fingerprint density at radius 1 is 0.878 bits per heavy atom. The highest BCUT2D eigenvalue weighted by Crippen LogP contribution is 2.24. The number of nitrogens with zero attached hydrogens (tertiary/aromatic N) is 3. The van der Waals surface area contributed by atoms with Crippen molar-refractivity contribution in [2.24, 2.45) is 11.0 Å². The van der Waals surface area contributed by atoms with Gasteiger partial charge in [-0.05, 0) is 92.7 Å². The van der Waals surface area contributed by atoms with Gasteiger partial charge in [0.25, 0.3) is 0 Å². The number of carbonyl (C=O) groups is 1. The van der Waals surface area contributed by atoms with E-state index in [9.17, 15) is 4.79 Å². The molecule has 9 nitrogen and oxygen atoms in total. The lowest BCUT2D eigenvalue weighted by Gasteiger charge is -2.26. The van der Waals surface area contributed by atoms with Crippen LogP contribution in [0.5, 0.6) is 5.75 Å². The van der Waals surface area contributed by atoms with Gasteiger partial charge in [-0.2, -0.15) is 5.10 Å². The van der Waals surface area contributed by atoms with E-state index in [4.69, 9.17) is 24.0 Å². The number of allylic oxidation sites excluding steroid dienone is 4. The molecule has 262 valence electrons. The van der Waals surface area contributed by atoms with Crippen molar-refractivity contribution in [3.8, 4) is 5.75 Å². The Labute approximate surface area is 291 Å². The van der Waals surface area contributed by atoms with Crippen LogP contribution in [0.4, 0.5) is 0 Å². The summed E-state index contributed by atoms with van der Waals surface area (Å²) < 4.78 is 23.0. The van der Waals surface area contributed by atoms with E-state index < -0.39 is 0 Å². The van der Waals surface area contributed by atoms with E-state index in [0.717, 1.165) is 126 Å². The zero-order valence-electron chi connectivity index (χ0n) is 28.8. The zero-order valence-corrected chi connectivity index (χ0v) is 28.8. The lowest BCUT2D eigenvalue weighted by atomic mass is 9.90. The number of carbonyl (C=O) groups excluding carboxylic acids is 1. The van der Waals surface area contributed by atoms with Crippen molar-refractivity contribution in [2.75, 3.05) is 78.9 Å². The van der Waals surface area contributed by atoms with Gasteiger partial charge in [-0.3, -0.25) is 20.0 Å². The van der Waals surface area contributed by atoms with Crippen LogP contribution in [-0.4, -0.2) is 100 Å². The fraction of sp³-hybridized carbons (Fsp3) is 0.450. The van der Waals surface area contributed by atoms with E-state index in [0.29, 0.717) is 18.8 Å². The van der Waals surface area contributed by atoms with E-state index in [-0.39, 0.29) is 11.7 Å². The minimum Gasteiger partial charge on any atom is -0.494 e. The number of rotatable bonds is 19. The van der Waals surface area contributed by atoms with Crippen molar-refractivity contribution >= 4 is 17.6 Å². The maximum atomic E-state index is 12.8. The summed E-state index contributed by atoms with van der Waals surface area (Å²) in [4.78, 5) is 17.8. The average Bonchev–Trinajstić information content (AvgIpc) is 3.16. The van der Waals surface area contributed by atoms with Crippen LogP contribution in [-0.2, 0) is 14.2 Å². The fourth-order valence-electron chi connectivity index (χ4n) is 6.11. The van der Waals surface area contributed by atoms with E-state index in [1.54, 1.807) is 18.3 Å². The van der Waals surface area contributed by atoms with Gasteiger partial charge in [0.2, 0.25) is 0 Å². The molecule has 0 spiro atoms. The lowest BCUT2D eigenvalue weighted by molar-refractivity contribution is 0.0364. The van der Waals surface area contributed by atoms with E-state index in [1.165, 1.54) is 6.08 Å². The van der Waals surface area contributed by atoms with Crippen LogP contribution in [0.15, 0.2) is 96.5 Å². The molecule has 2 saturated heterocycles. The van der Waals surface area contributed by atoms with Crippen molar-refractivity contribution in [3.05, 3.63) is 108 Å². The number of hydrazone groups is 1. The van der Waals surface area contributed by atoms with Gasteiger partial charge in [-0.25, -0.2) is 0 Å². The Balaban J connectivity index is 1.15. The third-order valence-corrected chi connectivity index (χ3v) is 8.99. The van der Waals surface area contributed by atoms with Gasteiger partial charge >= 0.3 is 0 Å². The minimum absolute atomic E-state index is 0.0405. The zero-order chi connectivity index (χ0) is 33.9. The summed E-state index contributed by atoms with van der Waals surface area (Å²) in [7, 11) is 0. The minimum atomic E-state index is -0.113. The van der Waals surface area contributed by atoms with Gasteiger partial charge in [0.15, 0.2) is 5.78 Å². The number of morpholine rings is 2. The second kappa shape index (κ2) is 20.5. The maximum Gasteiger partial charge on any atom is 0.187 e. The van der Waals surface area contributed by atoms with Crippen LogP contribution in [0.25, 0.3) is 6.08 Å². The summed E-state index contributed by atoms with van der Waals surface area (Å²) in [5, 5.41) is 4.76. The Hall–Kier alpha value is -4.02. The molecule has 1 atom stereocenters. The molecule has 49 heavy (non-hydrogen) atoms. The Bertz CT molecular complexity index is 1440. The SMILES string of the molecule is C=Cc1ccccc1C(=O)C=CN/N=C(/c1ccc(OCCCCN2CCOCC2)cc1)C1C=CC(OCCCCN2CCOCC2)=CC1. The predicted molar refractivity (Wildman–Crippen MR) is 196 cm³/mol. The molecular weight excluding hydrogens is 616 g/mol. The molecule has 0 aromatic heterocycles. The largest absolute Gasteiger partial charge is 0.494 e. The first-order valence-electron chi connectivity index (χ1n) is 17.8. The number of hydrogen-bond acceptors (Lipinski definition) is 9. The molecular formula is C40H52N4O5. The molecule has 0 saturated carbocycles. The lowest BCUT2D eigenvalue weighted by Crippen LogP contribution is -2.36. The van der Waals surface area contributed by atoms with Crippen LogP contribution in [0, 0.1) is 5.92 Å². The second-order valence-corrected chi connectivity index (χ2v) is 12.5. The van der Waals surface area contributed by atoms with Gasteiger partial charge in [0, 0.05) is 49.9 Å². The molecule has 1 unspecified atom stereocenters. The van der Waals surface area contributed by atoms with Crippen molar-refractivity contribution in [2.45, 2.75) is 32.1 Å². The summed E-state index contributed by atoms with van der Waals surface area (Å²) in [6.45, 7) is 14.8. The highest BCUT2D eigenvalue weighted by atomic mass is 16.5. The predicted octanol–water partition coefficient (Wildman–Crippen LogP) is 6.10. The molecule has 5 rings (SSSR count). The number of benzene rings is 2. The first-order chi connectivity index (χ1) is 24.2. The Morgan fingerprint density at radius 3 is 2.16 bits per heavy atom. The van der Waals surface area contributed by atoms with Crippen LogP contribution in [0.3, 0.4) is 0 Å². The van der Waals surface area contributed by atoms with E-state index in [2.05, 4.69) is 46.1 Å². The standard InChI is InChI=1S/C40H52N4O5/c1-2-33-9-3-4-10-38(33)39(45)19-20-41-42-40(34-11-15-36(16-12-34)48-27-7-5-21-43-23-29-46-30-24-43)35-13-17-37(18-14-35)49-28-8-6-22-44-25-31-47-32-26-44/h2-4,9-13,15-20,35,41H,1,5-8,14,21-32H2/b20-19?,42-40-. The molecule has 0 amide bonds. The smallest absolute Gasteiger partial charge is 0.187 e. The summed E-state index contributed by atoms with van der Waals surface area (Å²) in [5.74, 6) is 1.67. The van der Waals surface area contributed by atoms with Gasteiger partial charge in [0.1, 0.15) is 11.5 Å². The number of unbranched alkanes of at least 4 members (excludes halogenated alkanes) is 2. The van der Waals surface area contributed by atoms with Crippen molar-refractivity contribution in [1.82, 2.24) is 15.2 Å². The van der Waals surface area contributed by atoms with Crippen LogP contribution in [0.2, 0.25) is 0 Å². The van der Waals surface area contributed by atoms with Crippen LogP contribution >= 0.6 is 0 Å². The molecule has 3 aliphatic rings. The molecule has 1 aliphatic carbocycles. The number of hydrogen-bond donors (Lipinski definition) is 1. The van der Waals surface area contributed by atoms with Crippen LogP contribution in [0.1, 0.15) is 53.6 Å². The van der Waals surface area contributed by atoms with Gasteiger partial charge < -0.3 is 18.9 Å². The van der Waals surface area contributed by atoms with Crippen molar-refractivity contribution in [1.29, 1.82) is 0 Å². The normalized spacial score (nSPS) is 19.1. The molecule has 1 N–H and O–H groups in total. The Morgan fingerprint density at radius 2 is 1.53 bits per heavy atom. The molecule has 2 aromatic rings. The number of ether oxygens (including phenoxy) is 4. The quantitative estimate of drug-likeness (QED) is 0.0633. The molecule has 2 fully saturated rings. The summed E-state index contributed by atoms with van der Waals surface area (Å²) >= 11 is 0. The molecule has 9 heteroatoms. The van der Waals surface area contributed by atoms with E-state index in [1.807, 2.05) is 36.4 Å². The topological polar surface area (TPSA) is 84.9 Å². The first-order valence-corrected chi connectivity index (χ1v) is 17.8. The number of ketones is 1. The molecule has 2 aliphatic heterocycles. The third kappa shape index (κ3) is 12.1. The summed E-state index contributed by atoms with van der Waals surface area (Å²) in [6, 6.07) is 15.5. The second-order valence-electron chi connectivity index (χ2n) is 12.5. The fourth-order valence-corrected chi connectivity index (χ4v) is 6.11. The highest BCUT2D eigenvalue weighted by Gasteiger charge is 2.19. The van der Waals surface area contributed by atoms with Gasteiger partial charge in [-0.15, -0.1) is 0 Å². The summed E-state index contributed by atoms with van der Waals surface area (Å²) in [6.07, 6.45) is 16.1. The first kappa shape index (κ1) is 36.3. The van der Waals surface area contributed by atoms with Gasteiger partial charge in [-0.1, -0.05) is 43.0 Å². The molecule has 0 radical (unpaired) electrons. The van der Waals surface area contributed by atoms with Crippen LogP contribution < -0.4 is 10.2 Å². The Kier molecular flexibility index (Phi) is 15.2. The number of nitrogens with one attached hydrogen (secondary N) is 1. The monoisotopic (exact) mass is 668 g/mol. The maximum absolute atomic E-state index is 12.8. The molecule has 2 heterocycles. The van der Waals surface area contributed by atoms with Crippen molar-refractivity contribution in [3.63, 3.8) is 0 Å². The molecule has 2 aromatic carbocycles. The van der Waals surface area contributed by atoms with Gasteiger partial charge in [0.05, 0.1) is 45.4 Å². The van der Waals surface area contributed by atoms with Crippen molar-refractivity contribution < 1.29 is 23.7 Å². The average molecular weight is 669 g/mol.